The Morgan fingerprint density at radius 3 is 2.68 bits per heavy atom. The first-order chi connectivity index (χ1) is 13.8. The number of methoxy groups -OCH3 is 1. The van der Waals surface area contributed by atoms with Gasteiger partial charge in [-0.15, -0.1) is 0 Å². The van der Waals surface area contributed by atoms with E-state index in [0.717, 1.165) is 43.5 Å². The highest BCUT2D eigenvalue weighted by molar-refractivity contribution is 5.79. The van der Waals surface area contributed by atoms with Crippen LogP contribution in [-0.2, 0) is 24.1 Å². The van der Waals surface area contributed by atoms with Crippen LogP contribution < -0.4 is 20.1 Å². The largest absolute Gasteiger partial charge is 0.493 e. The van der Waals surface area contributed by atoms with E-state index in [4.69, 9.17) is 14.2 Å². The van der Waals surface area contributed by atoms with Gasteiger partial charge >= 0.3 is 0 Å². The van der Waals surface area contributed by atoms with Crippen molar-refractivity contribution in [2.75, 3.05) is 40.5 Å². The summed E-state index contributed by atoms with van der Waals surface area (Å²) in [4.78, 5) is 4.30. The predicted molar refractivity (Wildman–Crippen MR) is 111 cm³/mol. The second-order valence-corrected chi connectivity index (χ2v) is 6.63. The van der Waals surface area contributed by atoms with Gasteiger partial charge in [0.05, 0.1) is 13.2 Å². The molecule has 1 aliphatic heterocycles. The van der Waals surface area contributed by atoms with Crippen LogP contribution in [0.25, 0.3) is 0 Å². The molecule has 0 spiro atoms. The molecule has 2 N–H and O–H groups in total. The van der Waals surface area contributed by atoms with Gasteiger partial charge in [-0.2, -0.15) is 0 Å². The minimum Gasteiger partial charge on any atom is -0.493 e. The van der Waals surface area contributed by atoms with Crippen molar-refractivity contribution in [1.82, 2.24) is 10.6 Å². The number of benzene rings is 2. The number of guanidine groups is 1. The molecule has 0 saturated carbocycles. The first-order valence-electron chi connectivity index (χ1n) is 9.68. The van der Waals surface area contributed by atoms with Gasteiger partial charge in [-0.05, 0) is 41.3 Å². The molecule has 2 aromatic rings. The molecule has 0 radical (unpaired) electrons. The van der Waals surface area contributed by atoms with Gasteiger partial charge in [0.25, 0.3) is 0 Å². The van der Waals surface area contributed by atoms with Crippen LogP contribution in [0, 0.1) is 0 Å². The zero-order valence-corrected chi connectivity index (χ0v) is 16.7. The van der Waals surface area contributed by atoms with Crippen molar-refractivity contribution in [2.45, 2.75) is 19.4 Å². The molecule has 2 aromatic carbocycles. The molecule has 6 nitrogen and oxygen atoms in total. The van der Waals surface area contributed by atoms with Gasteiger partial charge < -0.3 is 24.8 Å². The topological polar surface area (TPSA) is 64.1 Å². The van der Waals surface area contributed by atoms with Crippen molar-refractivity contribution in [3.63, 3.8) is 0 Å². The number of hydrogen-bond acceptors (Lipinski definition) is 4. The van der Waals surface area contributed by atoms with Crippen LogP contribution in [0.15, 0.2) is 47.5 Å². The molecule has 3 rings (SSSR count). The zero-order chi connectivity index (χ0) is 19.6. The molecule has 0 saturated heterocycles. The summed E-state index contributed by atoms with van der Waals surface area (Å²) in [5.41, 5.74) is 3.80. The monoisotopic (exact) mass is 383 g/mol. The molecule has 0 aromatic heterocycles. The van der Waals surface area contributed by atoms with Crippen molar-refractivity contribution in [1.29, 1.82) is 0 Å². The molecule has 1 heterocycles. The Balaban J connectivity index is 1.39. The van der Waals surface area contributed by atoms with Crippen molar-refractivity contribution in [3.8, 4) is 11.5 Å². The Bertz CT molecular complexity index is 775. The first kappa shape index (κ1) is 20.0. The maximum atomic E-state index is 5.58. The number of ether oxygens (including phenoxy) is 3. The summed E-state index contributed by atoms with van der Waals surface area (Å²) in [7, 11) is 3.45. The summed E-state index contributed by atoms with van der Waals surface area (Å²) >= 11 is 0. The Labute approximate surface area is 166 Å². The SMILES string of the molecule is CN=C(NCCc1ccc2c(c1)CCO2)NCc1ccc(OCCOC)cc1. The van der Waals surface area contributed by atoms with Gasteiger partial charge in [0.2, 0.25) is 0 Å². The maximum absolute atomic E-state index is 5.58. The Kier molecular flexibility index (Phi) is 7.55. The van der Waals surface area contributed by atoms with E-state index in [-0.39, 0.29) is 0 Å². The lowest BCUT2D eigenvalue weighted by molar-refractivity contribution is 0.146. The fourth-order valence-electron chi connectivity index (χ4n) is 3.07. The predicted octanol–water partition coefficient (Wildman–Crippen LogP) is 2.55. The van der Waals surface area contributed by atoms with E-state index in [1.807, 2.05) is 12.1 Å². The highest BCUT2D eigenvalue weighted by atomic mass is 16.5. The molecule has 6 heteroatoms. The van der Waals surface area contributed by atoms with E-state index < -0.39 is 0 Å². The van der Waals surface area contributed by atoms with Gasteiger partial charge in [0.15, 0.2) is 5.96 Å². The van der Waals surface area contributed by atoms with Crippen LogP contribution in [0.5, 0.6) is 11.5 Å². The fourth-order valence-corrected chi connectivity index (χ4v) is 3.07. The number of fused-ring (bicyclic) bond motifs is 1. The molecule has 0 fully saturated rings. The standard InChI is InChI=1S/C22H29N3O3/c1-23-22(24-11-9-17-5-8-21-19(15-17)10-12-28-21)25-16-18-3-6-20(7-4-18)27-14-13-26-2/h3-8,15H,9-14,16H2,1-2H3,(H2,23,24,25). The third-order valence-corrected chi connectivity index (χ3v) is 4.62. The van der Waals surface area contributed by atoms with Crippen LogP contribution in [0.2, 0.25) is 0 Å². The highest BCUT2D eigenvalue weighted by Crippen LogP contribution is 2.25. The van der Waals surface area contributed by atoms with Gasteiger partial charge in [-0.1, -0.05) is 24.3 Å². The minimum atomic E-state index is 0.557. The van der Waals surface area contributed by atoms with E-state index in [2.05, 4.69) is 46.0 Å². The molecule has 28 heavy (non-hydrogen) atoms. The van der Waals surface area contributed by atoms with E-state index in [1.165, 1.54) is 16.7 Å². The van der Waals surface area contributed by atoms with Crippen molar-refractivity contribution in [3.05, 3.63) is 59.2 Å². The normalized spacial score (nSPS) is 13.0. The minimum absolute atomic E-state index is 0.557. The zero-order valence-electron chi connectivity index (χ0n) is 16.7. The van der Waals surface area contributed by atoms with Gasteiger partial charge in [-0.3, -0.25) is 4.99 Å². The van der Waals surface area contributed by atoms with E-state index >= 15 is 0 Å². The van der Waals surface area contributed by atoms with E-state index in [9.17, 15) is 0 Å². The van der Waals surface area contributed by atoms with Gasteiger partial charge in [0, 0.05) is 33.7 Å². The molecular weight excluding hydrogens is 354 g/mol. The highest BCUT2D eigenvalue weighted by Gasteiger charge is 2.11. The first-order valence-corrected chi connectivity index (χ1v) is 9.68. The molecule has 0 amide bonds. The van der Waals surface area contributed by atoms with Crippen LogP contribution in [-0.4, -0.2) is 46.5 Å². The number of nitrogens with one attached hydrogen (secondary N) is 2. The second kappa shape index (κ2) is 10.6. The number of hydrogen-bond donors (Lipinski definition) is 2. The van der Waals surface area contributed by atoms with E-state index in [1.54, 1.807) is 14.2 Å². The lowest BCUT2D eigenvalue weighted by Gasteiger charge is -2.13. The third kappa shape index (κ3) is 5.89. The summed E-state index contributed by atoms with van der Waals surface area (Å²) in [5, 5.41) is 6.71. The summed E-state index contributed by atoms with van der Waals surface area (Å²) in [5.74, 6) is 2.68. The van der Waals surface area contributed by atoms with Gasteiger partial charge in [-0.25, -0.2) is 0 Å². The van der Waals surface area contributed by atoms with Crippen LogP contribution in [0.4, 0.5) is 0 Å². The lowest BCUT2D eigenvalue weighted by atomic mass is 10.1. The molecular formula is C22H29N3O3. The quantitative estimate of drug-likeness (QED) is 0.396. The Morgan fingerprint density at radius 1 is 1.07 bits per heavy atom. The summed E-state index contributed by atoms with van der Waals surface area (Å²) in [6.45, 7) is 3.47. The number of rotatable bonds is 9. The second-order valence-electron chi connectivity index (χ2n) is 6.63. The number of nitrogens with zero attached hydrogens (tertiary/aromatic N) is 1. The van der Waals surface area contributed by atoms with Crippen molar-refractivity contribution >= 4 is 5.96 Å². The van der Waals surface area contributed by atoms with Crippen molar-refractivity contribution < 1.29 is 14.2 Å². The Hall–Kier alpha value is -2.73. The average molecular weight is 383 g/mol. The molecule has 0 aliphatic carbocycles. The molecule has 0 unspecified atom stereocenters. The van der Waals surface area contributed by atoms with Crippen LogP contribution >= 0.6 is 0 Å². The van der Waals surface area contributed by atoms with Crippen LogP contribution in [0.1, 0.15) is 16.7 Å². The van der Waals surface area contributed by atoms with Crippen molar-refractivity contribution in [2.24, 2.45) is 4.99 Å². The van der Waals surface area contributed by atoms with E-state index in [0.29, 0.717) is 19.8 Å². The van der Waals surface area contributed by atoms with Gasteiger partial charge in [0.1, 0.15) is 18.1 Å². The van der Waals surface area contributed by atoms with Crippen LogP contribution in [0.3, 0.4) is 0 Å². The molecule has 0 bridgehead atoms. The molecule has 1 aliphatic rings. The smallest absolute Gasteiger partial charge is 0.191 e. The summed E-state index contributed by atoms with van der Waals surface area (Å²) in [6.07, 6.45) is 1.96. The fraction of sp³-hybridized carbons (Fsp3) is 0.409. The average Bonchev–Trinajstić information content (AvgIpc) is 3.19. The third-order valence-electron chi connectivity index (χ3n) is 4.62. The number of aliphatic imine (C=N–C) groups is 1. The Morgan fingerprint density at radius 2 is 1.89 bits per heavy atom. The molecule has 150 valence electrons. The summed E-state index contributed by atoms with van der Waals surface area (Å²) < 4.78 is 16.1. The summed E-state index contributed by atoms with van der Waals surface area (Å²) in [6, 6.07) is 14.5. The lowest BCUT2D eigenvalue weighted by Crippen LogP contribution is -2.37. The molecule has 0 atom stereocenters. The maximum Gasteiger partial charge on any atom is 0.191 e.